The topological polar surface area (TPSA) is 73.9 Å². The normalized spacial score (nSPS) is 11.9. The van der Waals surface area contributed by atoms with Crippen molar-refractivity contribution in [2.24, 2.45) is 17.8 Å². The van der Waals surface area contributed by atoms with Crippen LogP contribution in [0.4, 0.5) is 0 Å². The fourth-order valence-electron chi connectivity index (χ4n) is 1.37. The van der Waals surface area contributed by atoms with E-state index in [-0.39, 0.29) is 24.2 Å². The first kappa shape index (κ1) is 13.4. The van der Waals surface area contributed by atoms with Gasteiger partial charge in [0.1, 0.15) is 5.92 Å². The Morgan fingerprint density at radius 3 is 2.20 bits per heavy atom. The van der Waals surface area contributed by atoms with Gasteiger partial charge in [-0.1, -0.05) is 13.8 Å². The van der Waals surface area contributed by atoms with Crippen LogP contribution in [0.1, 0.15) is 27.2 Å². The lowest BCUT2D eigenvalue weighted by Gasteiger charge is -2.19. The summed E-state index contributed by atoms with van der Waals surface area (Å²) >= 11 is 0. The predicted molar refractivity (Wildman–Crippen MR) is 54.3 cm³/mol. The molecule has 0 aromatic rings. The van der Waals surface area contributed by atoms with Crippen molar-refractivity contribution in [2.75, 3.05) is 6.61 Å². The number of esters is 1. The first-order chi connectivity index (χ1) is 7.06. The number of hydrogen-bond donors (Lipinski definition) is 0. The van der Waals surface area contributed by atoms with Crippen LogP contribution in [0.2, 0.25) is 0 Å². The second kappa shape index (κ2) is 6.84. The molecule has 0 aliphatic carbocycles. The van der Waals surface area contributed by atoms with E-state index in [0.29, 0.717) is 6.61 Å². The first-order valence-electron chi connectivity index (χ1n) is 5.01. The maximum absolute atomic E-state index is 11.3. The van der Waals surface area contributed by atoms with Crippen LogP contribution in [0.5, 0.6) is 0 Å². The first-order valence-corrected chi connectivity index (χ1v) is 5.01. The number of carbonyl (C=O) groups excluding carboxylic acids is 1. The molecular weight excluding hydrogens is 192 g/mol. The van der Waals surface area contributed by atoms with Gasteiger partial charge in [-0.2, -0.15) is 10.5 Å². The minimum absolute atomic E-state index is 0.110. The zero-order chi connectivity index (χ0) is 11.8. The summed E-state index contributed by atoms with van der Waals surface area (Å²) in [6, 6.07) is 3.82. The molecule has 0 bridgehead atoms. The van der Waals surface area contributed by atoms with Crippen LogP contribution >= 0.6 is 0 Å². The summed E-state index contributed by atoms with van der Waals surface area (Å²) < 4.78 is 4.80. The number of carbonyl (C=O) groups is 1. The predicted octanol–water partition coefficient (Wildman–Crippen LogP) is 1.88. The molecule has 82 valence electrons. The molecule has 0 saturated carbocycles. The number of hydrogen-bond acceptors (Lipinski definition) is 4. The Balaban J connectivity index is 4.50. The SMILES string of the molecule is CCOC(=O)CC(C(C)C)C(C#N)C#N. The van der Waals surface area contributed by atoms with Gasteiger partial charge >= 0.3 is 5.97 Å². The van der Waals surface area contributed by atoms with Crippen molar-refractivity contribution in [1.82, 2.24) is 0 Å². The Labute approximate surface area is 90.4 Å². The Morgan fingerprint density at radius 2 is 1.87 bits per heavy atom. The molecule has 4 heteroatoms. The van der Waals surface area contributed by atoms with Crippen LogP contribution in [0, 0.1) is 40.4 Å². The molecular formula is C11H16N2O2. The van der Waals surface area contributed by atoms with Crippen LogP contribution in [-0.2, 0) is 9.53 Å². The van der Waals surface area contributed by atoms with E-state index in [2.05, 4.69) is 0 Å². The summed E-state index contributed by atoms with van der Waals surface area (Å²) in [6.07, 6.45) is 0.136. The molecule has 4 nitrogen and oxygen atoms in total. The molecule has 0 radical (unpaired) electrons. The summed E-state index contributed by atoms with van der Waals surface area (Å²) in [7, 11) is 0. The van der Waals surface area contributed by atoms with Crippen LogP contribution < -0.4 is 0 Å². The third kappa shape index (κ3) is 4.46. The van der Waals surface area contributed by atoms with Gasteiger partial charge in [-0.3, -0.25) is 4.79 Å². The van der Waals surface area contributed by atoms with Gasteiger partial charge in [-0.25, -0.2) is 0 Å². The second-order valence-corrected chi connectivity index (χ2v) is 3.65. The molecule has 0 N–H and O–H groups in total. The van der Waals surface area contributed by atoms with E-state index in [0.717, 1.165) is 0 Å². The highest BCUT2D eigenvalue weighted by Gasteiger charge is 2.27. The van der Waals surface area contributed by atoms with Crippen molar-refractivity contribution >= 4 is 5.97 Å². The highest BCUT2D eigenvalue weighted by molar-refractivity contribution is 5.69. The van der Waals surface area contributed by atoms with Gasteiger partial charge in [0, 0.05) is 5.92 Å². The molecule has 1 atom stereocenters. The minimum Gasteiger partial charge on any atom is -0.466 e. The fraction of sp³-hybridized carbons (Fsp3) is 0.727. The monoisotopic (exact) mass is 208 g/mol. The van der Waals surface area contributed by atoms with Crippen LogP contribution in [0.25, 0.3) is 0 Å². The highest BCUT2D eigenvalue weighted by Crippen LogP contribution is 2.24. The standard InChI is InChI=1S/C11H16N2O2/c1-4-15-11(14)5-10(8(2)3)9(6-12)7-13/h8-10H,4-5H2,1-3H3. The second-order valence-electron chi connectivity index (χ2n) is 3.65. The van der Waals surface area contributed by atoms with E-state index in [9.17, 15) is 4.79 Å². The molecule has 0 spiro atoms. The summed E-state index contributed by atoms with van der Waals surface area (Å²) in [5, 5.41) is 17.5. The van der Waals surface area contributed by atoms with E-state index >= 15 is 0 Å². The van der Waals surface area contributed by atoms with Crippen molar-refractivity contribution in [1.29, 1.82) is 10.5 Å². The maximum atomic E-state index is 11.3. The molecule has 0 saturated heterocycles. The third-order valence-corrected chi connectivity index (χ3v) is 2.27. The number of rotatable bonds is 5. The summed E-state index contributed by atoms with van der Waals surface area (Å²) in [4.78, 5) is 11.3. The Hall–Kier alpha value is -1.55. The molecule has 15 heavy (non-hydrogen) atoms. The summed E-state index contributed by atoms with van der Waals surface area (Å²) in [5.74, 6) is -1.22. The van der Waals surface area contributed by atoms with E-state index in [1.807, 2.05) is 26.0 Å². The minimum atomic E-state index is -0.741. The number of nitriles is 2. The van der Waals surface area contributed by atoms with Gasteiger partial charge < -0.3 is 4.74 Å². The van der Waals surface area contributed by atoms with E-state index < -0.39 is 5.92 Å². The zero-order valence-corrected chi connectivity index (χ0v) is 9.36. The van der Waals surface area contributed by atoms with Crippen molar-refractivity contribution in [3.8, 4) is 12.1 Å². The Bertz CT molecular complexity index is 272. The fourth-order valence-corrected chi connectivity index (χ4v) is 1.37. The van der Waals surface area contributed by atoms with Gasteiger partial charge in [-0.15, -0.1) is 0 Å². The van der Waals surface area contributed by atoms with Crippen molar-refractivity contribution in [3.05, 3.63) is 0 Å². The average Bonchev–Trinajstić information content (AvgIpc) is 2.18. The number of ether oxygens (including phenoxy) is 1. The largest absolute Gasteiger partial charge is 0.466 e. The molecule has 0 aliphatic rings. The molecule has 0 aromatic heterocycles. The smallest absolute Gasteiger partial charge is 0.306 e. The summed E-state index contributed by atoms with van der Waals surface area (Å²) in [6.45, 7) is 5.85. The van der Waals surface area contributed by atoms with E-state index in [1.54, 1.807) is 6.92 Å². The molecule has 1 unspecified atom stereocenters. The lowest BCUT2D eigenvalue weighted by Crippen LogP contribution is -2.22. The molecule has 0 aromatic carbocycles. The molecule has 0 amide bonds. The van der Waals surface area contributed by atoms with Gasteiger partial charge in [0.05, 0.1) is 25.2 Å². The quantitative estimate of drug-likeness (QED) is 0.646. The van der Waals surface area contributed by atoms with Crippen molar-refractivity contribution in [2.45, 2.75) is 27.2 Å². The van der Waals surface area contributed by atoms with Gasteiger partial charge in [-0.05, 0) is 12.8 Å². The van der Waals surface area contributed by atoms with Gasteiger partial charge in [0.15, 0.2) is 0 Å². The highest BCUT2D eigenvalue weighted by atomic mass is 16.5. The van der Waals surface area contributed by atoms with E-state index in [4.69, 9.17) is 15.3 Å². The third-order valence-electron chi connectivity index (χ3n) is 2.27. The van der Waals surface area contributed by atoms with E-state index in [1.165, 1.54) is 0 Å². The molecule has 0 heterocycles. The number of nitrogens with zero attached hydrogens (tertiary/aromatic N) is 2. The molecule has 0 fully saturated rings. The average molecular weight is 208 g/mol. The van der Waals surface area contributed by atoms with Crippen LogP contribution in [0.3, 0.4) is 0 Å². The van der Waals surface area contributed by atoms with Crippen LogP contribution in [-0.4, -0.2) is 12.6 Å². The molecule has 0 aliphatic heterocycles. The summed E-state index contributed by atoms with van der Waals surface area (Å²) in [5.41, 5.74) is 0. The lowest BCUT2D eigenvalue weighted by atomic mass is 9.82. The van der Waals surface area contributed by atoms with Crippen molar-refractivity contribution < 1.29 is 9.53 Å². The van der Waals surface area contributed by atoms with Crippen molar-refractivity contribution in [3.63, 3.8) is 0 Å². The van der Waals surface area contributed by atoms with Gasteiger partial charge in [0.25, 0.3) is 0 Å². The van der Waals surface area contributed by atoms with Gasteiger partial charge in [0.2, 0.25) is 0 Å². The zero-order valence-electron chi connectivity index (χ0n) is 9.36. The Kier molecular flexibility index (Phi) is 6.13. The Morgan fingerprint density at radius 1 is 1.33 bits per heavy atom. The molecule has 0 rings (SSSR count). The van der Waals surface area contributed by atoms with Crippen LogP contribution in [0.15, 0.2) is 0 Å². The maximum Gasteiger partial charge on any atom is 0.306 e. The lowest BCUT2D eigenvalue weighted by molar-refractivity contribution is -0.144.